The third-order valence-corrected chi connectivity index (χ3v) is 9.05. The van der Waals surface area contributed by atoms with E-state index in [4.69, 9.17) is 27.9 Å². The summed E-state index contributed by atoms with van der Waals surface area (Å²) in [7, 11) is -3.31. The molecule has 0 aliphatic rings. The highest BCUT2D eigenvalue weighted by atomic mass is 35.5. The third-order valence-electron chi connectivity index (χ3n) is 6.80. The van der Waals surface area contributed by atoms with E-state index in [0.717, 1.165) is 10.4 Å². The molecule has 0 heterocycles. The summed E-state index contributed by atoms with van der Waals surface area (Å²) in [4.78, 5) is 39.6. The molecule has 3 rings (SSSR count). The zero-order chi connectivity index (χ0) is 33.7. The minimum Gasteiger partial charge on any atom is -0.495 e. The van der Waals surface area contributed by atoms with Crippen LogP contribution in [0.1, 0.15) is 45.2 Å². The second-order valence-corrected chi connectivity index (χ2v) is 14.1. The van der Waals surface area contributed by atoms with Gasteiger partial charge >= 0.3 is 0 Å². The van der Waals surface area contributed by atoms with E-state index in [1.165, 1.54) is 49.3 Å². The van der Waals surface area contributed by atoms with Crippen molar-refractivity contribution < 1.29 is 27.7 Å². The molecule has 0 radical (unpaired) electrons. The van der Waals surface area contributed by atoms with E-state index in [1.807, 2.05) is 20.8 Å². The van der Waals surface area contributed by atoms with Gasteiger partial charge in [-0.25, -0.2) is 8.42 Å². The predicted octanol–water partition coefficient (Wildman–Crippen LogP) is 6.14. The summed E-state index contributed by atoms with van der Waals surface area (Å²) in [5, 5.41) is 15.2. The van der Waals surface area contributed by atoms with Gasteiger partial charge in [-0.05, 0) is 76.1 Å². The summed E-state index contributed by atoms with van der Waals surface area (Å²) >= 11 is 12.3. The van der Waals surface area contributed by atoms with Crippen molar-refractivity contribution in [2.75, 3.05) is 18.0 Å². The molecule has 0 saturated carbocycles. The molecule has 1 N–H and O–H groups in total. The molecule has 0 fully saturated rings. The number of nitro groups is 1. The zero-order valence-corrected chi connectivity index (χ0v) is 28.2. The molecule has 0 spiro atoms. The topological polar surface area (TPSA) is 139 Å². The van der Waals surface area contributed by atoms with Crippen LogP contribution in [0.15, 0.2) is 65.6 Å². The summed E-state index contributed by atoms with van der Waals surface area (Å²) in [5.41, 5.74) is -0.177. The molecule has 45 heavy (non-hydrogen) atoms. The number of benzene rings is 3. The van der Waals surface area contributed by atoms with Crippen LogP contribution in [0.2, 0.25) is 10.0 Å². The van der Waals surface area contributed by atoms with Crippen LogP contribution in [0.5, 0.6) is 5.75 Å². The van der Waals surface area contributed by atoms with Gasteiger partial charge in [0.05, 0.1) is 22.6 Å². The van der Waals surface area contributed by atoms with Crippen molar-refractivity contribution in [3.63, 3.8) is 0 Å². The Morgan fingerprint density at radius 3 is 2.20 bits per heavy atom. The lowest BCUT2D eigenvalue weighted by molar-refractivity contribution is -0.385. The van der Waals surface area contributed by atoms with Gasteiger partial charge in [-0.2, -0.15) is 0 Å². The van der Waals surface area contributed by atoms with E-state index in [1.54, 1.807) is 31.2 Å². The van der Waals surface area contributed by atoms with Gasteiger partial charge in [-0.3, -0.25) is 24.0 Å². The van der Waals surface area contributed by atoms with Crippen LogP contribution >= 0.6 is 23.2 Å². The number of carbonyl (C=O) groups excluding carboxylic acids is 2. The number of anilines is 1. The lowest BCUT2D eigenvalue weighted by atomic mass is 10.1. The first-order chi connectivity index (χ1) is 21.0. The molecule has 0 unspecified atom stereocenters. The standard InChI is InChI=1S/C31H36Cl2N4O7S/c1-7-25(30(39)34-31(3,4)5)35(18-21-9-11-22(32)12-10-21)29(38)19-36(27-16-23(33)13-15-28(27)44-6)45(42,43)24-14-8-20(2)26(17-24)37(40)41/h8-17,25H,7,18-19H2,1-6H3,(H,34,39)/t25-/m1/s1. The molecular formula is C31H36Cl2N4O7S. The maximum absolute atomic E-state index is 14.3. The van der Waals surface area contributed by atoms with Crippen LogP contribution in [-0.4, -0.2) is 55.3 Å². The number of aryl methyl sites for hydroxylation is 1. The number of ether oxygens (including phenoxy) is 1. The molecule has 14 heteroatoms. The Morgan fingerprint density at radius 2 is 1.64 bits per heavy atom. The van der Waals surface area contributed by atoms with Gasteiger partial charge in [0.2, 0.25) is 11.8 Å². The van der Waals surface area contributed by atoms with Gasteiger partial charge in [-0.1, -0.05) is 48.3 Å². The Bertz CT molecular complexity index is 1680. The number of sulfonamides is 1. The number of carbonyl (C=O) groups is 2. The molecule has 11 nitrogen and oxygen atoms in total. The fourth-order valence-electron chi connectivity index (χ4n) is 4.60. The molecule has 1 atom stereocenters. The van der Waals surface area contributed by atoms with Crippen molar-refractivity contribution >= 4 is 56.4 Å². The summed E-state index contributed by atoms with van der Waals surface area (Å²) in [6, 6.07) is 13.5. The normalized spacial score (nSPS) is 12.3. The molecule has 0 saturated heterocycles. The number of amides is 2. The largest absolute Gasteiger partial charge is 0.495 e. The van der Waals surface area contributed by atoms with Crippen molar-refractivity contribution in [3.8, 4) is 5.75 Å². The Kier molecular flexibility index (Phi) is 11.5. The highest BCUT2D eigenvalue weighted by molar-refractivity contribution is 7.92. The van der Waals surface area contributed by atoms with Gasteiger partial charge in [0.1, 0.15) is 18.3 Å². The van der Waals surface area contributed by atoms with E-state index in [9.17, 15) is 28.1 Å². The summed E-state index contributed by atoms with van der Waals surface area (Å²) in [6.45, 7) is 7.83. The minimum atomic E-state index is -4.64. The Labute approximate surface area is 273 Å². The van der Waals surface area contributed by atoms with Crippen molar-refractivity contribution in [2.24, 2.45) is 0 Å². The number of nitro benzene ring substituents is 1. The van der Waals surface area contributed by atoms with Crippen molar-refractivity contribution in [1.29, 1.82) is 0 Å². The van der Waals surface area contributed by atoms with Gasteiger partial charge in [-0.15, -0.1) is 0 Å². The predicted molar refractivity (Wildman–Crippen MR) is 174 cm³/mol. The van der Waals surface area contributed by atoms with Gasteiger partial charge in [0.15, 0.2) is 0 Å². The SMILES string of the molecule is CC[C@H](C(=O)NC(C)(C)C)N(Cc1ccc(Cl)cc1)C(=O)CN(c1cc(Cl)ccc1OC)S(=O)(=O)c1ccc(C)c([N+](=O)[O-])c1. The molecule has 3 aromatic carbocycles. The quantitative estimate of drug-likeness (QED) is 0.179. The first-order valence-corrected chi connectivity index (χ1v) is 16.1. The number of nitrogens with zero attached hydrogens (tertiary/aromatic N) is 3. The van der Waals surface area contributed by atoms with Crippen LogP contribution < -0.4 is 14.4 Å². The monoisotopic (exact) mass is 678 g/mol. The molecule has 2 amide bonds. The highest BCUT2D eigenvalue weighted by Crippen LogP contribution is 2.36. The van der Waals surface area contributed by atoms with Gasteiger partial charge in [0, 0.05) is 33.8 Å². The fourth-order valence-corrected chi connectivity index (χ4v) is 6.33. The summed E-state index contributed by atoms with van der Waals surface area (Å²) in [6.07, 6.45) is 0.221. The van der Waals surface area contributed by atoms with Crippen LogP contribution in [0.3, 0.4) is 0 Å². The Balaban J connectivity index is 2.20. The maximum Gasteiger partial charge on any atom is 0.273 e. The zero-order valence-electron chi connectivity index (χ0n) is 25.8. The Hall–Kier alpha value is -3.87. The minimum absolute atomic E-state index is 0.0390. The van der Waals surface area contributed by atoms with Crippen LogP contribution in [0.25, 0.3) is 0 Å². The van der Waals surface area contributed by atoms with Crippen molar-refractivity contribution in [2.45, 2.75) is 64.1 Å². The number of hydrogen-bond acceptors (Lipinski definition) is 7. The van der Waals surface area contributed by atoms with E-state index in [0.29, 0.717) is 10.6 Å². The molecule has 0 aromatic heterocycles. The highest BCUT2D eigenvalue weighted by Gasteiger charge is 2.36. The number of methoxy groups -OCH3 is 1. The average molecular weight is 680 g/mol. The number of rotatable bonds is 12. The lowest BCUT2D eigenvalue weighted by Crippen LogP contribution is -2.55. The van der Waals surface area contributed by atoms with Crippen LogP contribution in [0, 0.1) is 17.0 Å². The smallest absolute Gasteiger partial charge is 0.273 e. The number of nitrogens with one attached hydrogen (secondary N) is 1. The van der Waals surface area contributed by atoms with Gasteiger partial charge in [0.25, 0.3) is 15.7 Å². The lowest BCUT2D eigenvalue weighted by Gasteiger charge is -2.35. The van der Waals surface area contributed by atoms with Crippen LogP contribution in [-0.2, 0) is 26.2 Å². The van der Waals surface area contributed by atoms with Gasteiger partial charge < -0.3 is 15.0 Å². The fraction of sp³-hybridized carbons (Fsp3) is 0.355. The van der Waals surface area contributed by atoms with E-state index in [2.05, 4.69) is 5.32 Å². The Morgan fingerprint density at radius 1 is 1.02 bits per heavy atom. The first-order valence-electron chi connectivity index (χ1n) is 14.0. The van der Waals surface area contributed by atoms with Crippen molar-refractivity contribution in [3.05, 3.63) is 92.0 Å². The third kappa shape index (κ3) is 8.86. The average Bonchev–Trinajstić information content (AvgIpc) is 2.95. The first kappa shape index (κ1) is 35.6. The van der Waals surface area contributed by atoms with Crippen molar-refractivity contribution in [1.82, 2.24) is 10.2 Å². The van der Waals surface area contributed by atoms with E-state index < -0.39 is 55.5 Å². The van der Waals surface area contributed by atoms with Crippen LogP contribution in [0.4, 0.5) is 11.4 Å². The molecule has 242 valence electrons. The molecular weight excluding hydrogens is 643 g/mol. The second kappa shape index (κ2) is 14.5. The summed E-state index contributed by atoms with van der Waals surface area (Å²) < 4.78 is 34.7. The number of hydrogen-bond donors (Lipinski definition) is 1. The van der Waals surface area contributed by atoms with E-state index in [-0.39, 0.29) is 35.0 Å². The second-order valence-electron chi connectivity index (χ2n) is 11.3. The molecule has 0 bridgehead atoms. The maximum atomic E-state index is 14.3. The van der Waals surface area contributed by atoms with E-state index >= 15 is 0 Å². The molecule has 0 aliphatic heterocycles. The number of halogens is 2. The molecule has 3 aromatic rings. The molecule has 0 aliphatic carbocycles. The summed E-state index contributed by atoms with van der Waals surface area (Å²) in [5.74, 6) is -1.05.